The summed E-state index contributed by atoms with van der Waals surface area (Å²) in [7, 11) is 0. The van der Waals surface area contributed by atoms with Gasteiger partial charge >= 0.3 is 5.97 Å². The molecule has 2 rings (SSSR count). The van der Waals surface area contributed by atoms with Gasteiger partial charge in [0.05, 0.1) is 0 Å². The number of rotatable bonds is 4. The molecule has 1 unspecified atom stereocenters. The molecule has 0 radical (unpaired) electrons. The minimum atomic E-state index is -1.22. The van der Waals surface area contributed by atoms with Crippen LogP contribution in [0.3, 0.4) is 0 Å². The molecule has 5 nitrogen and oxygen atoms in total. The smallest absolute Gasteiger partial charge is 0.329 e. The molecule has 1 amide bonds. The number of halogens is 1. The number of aromatic nitrogens is 1. The van der Waals surface area contributed by atoms with Crippen molar-refractivity contribution in [1.82, 2.24) is 10.3 Å². The first-order valence-electron chi connectivity index (χ1n) is 5.61. The van der Waals surface area contributed by atoms with Crippen LogP contribution < -0.4 is 5.32 Å². The highest BCUT2D eigenvalue weighted by Gasteiger charge is 2.48. The third-order valence-electron chi connectivity index (χ3n) is 3.20. The average Bonchev–Trinajstić information content (AvgIpc) is 3.12. The van der Waals surface area contributed by atoms with Crippen molar-refractivity contribution < 1.29 is 14.7 Å². The second-order valence-electron chi connectivity index (χ2n) is 4.60. The van der Waals surface area contributed by atoms with Gasteiger partial charge < -0.3 is 10.4 Å². The molecule has 96 valence electrons. The van der Waals surface area contributed by atoms with Gasteiger partial charge in [-0.2, -0.15) is 0 Å². The fourth-order valence-electron chi connectivity index (χ4n) is 1.84. The third-order valence-corrected chi connectivity index (χ3v) is 3.41. The van der Waals surface area contributed by atoms with Crippen molar-refractivity contribution in [3.8, 4) is 0 Å². The highest BCUT2D eigenvalue weighted by molar-refractivity contribution is 6.29. The Hall–Kier alpha value is -1.62. The first-order valence-corrected chi connectivity index (χ1v) is 5.99. The summed E-state index contributed by atoms with van der Waals surface area (Å²) in [5.74, 6) is -1.47. The minimum Gasteiger partial charge on any atom is -0.480 e. The number of carbonyl (C=O) groups is 2. The van der Waals surface area contributed by atoms with Gasteiger partial charge in [0.2, 0.25) is 0 Å². The normalized spacial score (nSPS) is 17.9. The lowest BCUT2D eigenvalue weighted by Crippen LogP contribution is -2.54. The van der Waals surface area contributed by atoms with Crippen molar-refractivity contribution >= 4 is 23.5 Å². The van der Waals surface area contributed by atoms with Crippen molar-refractivity contribution in [3.63, 3.8) is 0 Å². The standard InChI is InChI=1S/C12H13ClN2O3/c1-12(11(17)18,8-2-3-8)15-10(16)7-4-5-14-9(13)6-7/h4-6,8H,2-3H2,1H3,(H,15,16)(H,17,18). The number of carbonyl (C=O) groups excluding carboxylic acids is 1. The van der Waals surface area contributed by atoms with E-state index in [4.69, 9.17) is 11.6 Å². The zero-order valence-electron chi connectivity index (χ0n) is 9.81. The fraction of sp³-hybridized carbons (Fsp3) is 0.417. The molecule has 6 heteroatoms. The molecule has 0 bridgehead atoms. The molecule has 1 atom stereocenters. The summed E-state index contributed by atoms with van der Waals surface area (Å²) < 4.78 is 0. The van der Waals surface area contributed by atoms with E-state index in [9.17, 15) is 14.7 Å². The lowest BCUT2D eigenvalue weighted by molar-refractivity contribution is -0.144. The maximum Gasteiger partial charge on any atom is 0.329 e. The Bertz CT molecular complexity index is 502. The molecule has 1 saturated carbocycles. The molecular formula is C12H13ClN2O3. The molecule has 1 aromatic rings. The van der Waals surface area contributed by atoms with Crippen molar-refractivity contribution in [2.24, 2.45) is 5.92 Å². The summed E-state index contributed by atoms with van der Waals surface area (Å²) in [4.78, 5) is 27.0. The van der Waals surface area contributed by atoms with E-state index in [0.717, 1.165) is 12.8 Å². The van der Waals surface area contributed by atoms with E-state index in [2.05, 4.69) is 10.3 Å². The van der Waals surface area contributed by atoms with Crippen LogP contribution in [0.15, 0.2) is 18.3 Å². The Morgan fingerprint density at radius 1 is 1.56 bits per heavy atom. The number of hydrogen-bond donors (Lipinski definition) is 2. The van der Waals surface area contributed by atoms with Crippen LogP contribution in [0.25, 0.3) is 0 Å². The molecule has 2 N–H and O–H groups in total. The maximum absolute atomic E-state index is 12.0. The number of carboxylic acids is 1. The van der Waals surface area contributed by atoms with Crippen molar-refractivity contribution in [2.45, 2.75) is 25.3 Å². The van der Waals surface area contributed by atoms with Crippen molar-refractivity contribution in [3.05, 3.63) is 29.0 Å². The summed E-state index contributed by atoms with van der Waals surface area (Å²) in [6, 6.07) is 2.91. The second-order valence-corrected chi connectivity index (χ2v) is 4.99. The van der Waals surface area contributed by atoms with Crippen LogP contribution in [0, 0.1) is 5.92 Å². The quantitative estimate of drug-likeness (QED) is 0.815. The van der Waals surface area contributed by atoms with Crippen LogP contribution in [0.1, 0.15) is 30.1 Å². The molecule has 1 aliphatic rings. The number of hydrogen-bond acceptors (Lipinski definition) is 3. The van der Waals surface area contributed by atoms with Gasteiger partial charge in [0, 0.05) is 11.8 Å². The summed E-state index contributed by atoms with van der Waals surface area (Å²) >= 11 is 5.69. The zero-order valence-corrected chi connectivity index (χ0v) is 10.6. The number of nitrogens with one attached hydrogen (secondary N) is 1. The zero-order chi connectivity index (χ0) is 13.3. The Balaban J connectivity index is 2.17. The molecule has 18 heavy (non-hydrogen) atoms. The molecule has 0 saturated heterocycles. The van der Waals surface area contributed by atoms with E-state index in [1.54, 1.807) is 0 Å². The summed E-state index contributed by atoms with van der Waals surface area (Å²) in [6.07, 6.45) is 3.05. The Morgan fingerprint density at radius 3 is 2.72 bits per heavy atom. The molecule has 0 aromatic carbocycles. The van der Waals surface area contributed by atoms with E-state index < -0.39 is 17.4 Å². The number of nitrogens with zero attached hydrogens (tertiary/aromatic N) is 1. The summed E-state index contributed by atoms with van der Waals surface area (Å²) in [6.45, 7) is 1.54. The fourth-order valence-corrected chi connectivity index (χ4v) is 2.02. The summed E-state index contributed by atoms with van der Waals surface area (Å²) in [5, 5.41) is 12.0. The molecule has 1 fully saturated rings. The Labute approximate surface area is 109 Å². The van der Waals surface area contributed by atoms with E-state index in [0.29, 0.717) is 5.56 Å². The van der Waals surface area contributed by atoms with E-state index in [1.165, 1.54) is 25.3 Å². The van der Waals surface area contributed by atoms with Gasteiger partial charge in [-0.15, -0.1) is 0 Å². The van der Waals surface area contributed by atoms with Gasteiger partial charge in [-0.25, -0.2) is 9.78 Å². The second kappa shape index (κ2) is 4.57. The van der Waals surface area contributed by atoms with Gasteiger partial charge in [-0.05, 0) is 37.8 Å². The predicted molar refractivity (Wildman–Crippen MR) is 65.5 cm³/mol. The van der Waals surface area contributed by atoms with Crippen LogP contribution in [0.4, 0.5) is 0 Å². The molecule has 1 aliphatic carbocycles. The number of amides is 1. The Morgan fingerprint density at radius 2 is 2.22 bits per heavy atom. The van der Waals surface area contributed by atoms with Crippen LogP contribution >= 0.6 is 11.6 Å². The van der Waals surface area contributed by atoms with Crippen molar-refractivity contribution in [1.29, 1.82) is 0 Å². The summed E-state index contributed by atoms with van der Waals surface area (Å²) in [5.41, 5.74) is -0.907. The third kappa shape index (κ3) is 2.46. The number of pyridine rings is 1. The van der Waals surface area contributed by atoms with Gasteiger partial charge in [-0.3, -0.25) is 4.79 Å². The average molecular weight is 269 g/mol. The highest BCUT2D eigenvalue weighted by atomic mass is 35.5. The molecule has 0 aliphatic heterocycles. The highest BCUT2D eigenvalue weighted by Crippen LogP contribution is 2.39. The molecule has 1 heterocycles. The van der Waals surface area contributed by atoms with E-state index in [1.807, 2.05) is 0 Å². The first-order chi connectivity index (χ1) is 8.43. The largest absolute Gasteiger partial charge is 0.480 e. The SMILES string of the molecule is CC(NC(=O)c1ccnc(Cl)c1)(C(=O)O)C1CC1. The monoisotopic (exact) mass is 268 g/mol. The van der Waals surface area contributed by atoms with Gasteiger partial charge in [0.1, 0.15) is 10.7 Å². The topological polar surface area (TPSA) is 79.3 Å². The lowest BCUT2D eigenvalue weighted by Gasteiger charge is -2.26. The van der Waals surface area contributed by atoms with E-state index in [-0.39, 0.29) is 11.1 Å². The van der Waals surface area contributed by atoms with Gasteiger partial charge in [0.25, 0.3) is 5.91 Å². The van der Waals surface area contributed by atoms with Crippen LogP contribution in [0.5, 0.6) is 0 Å². The lowest BCUT2D eigenvalue weighted by atomic mass is 9.95. The predicted octanol–water partition coefficient (Wildman–Crippen LogP) is 1.72. The van der Waals surface area contributed by atoms with E-state index >= 15 is 0 Å². The first kappa shape index (κ1) is 12.8. The maximum atomic E-state index is 12.0. The van der Waals surface area contributed by atoms with Gasteiger partial charge in [-0.1, -0.05) is 11.6 Å². The Kier molecular flexibility index (Phi) is 3.26. The molecular weight excluding hydrogens is 256 g/mol. The minimum absolute atomic E-state index is 0.00346. The molecule has 0 spiro atoms. The molecule has 1 aromatic heterocycles. The van der Waals surface area contributed by atoms with Crippen LogP contribution in [0.2, 0.25) is 5.15 Å². The number of carboxylic acid groups (broad SMARTS) is 1. The van der Waals surface area contributed by atoms with Crippen LogP contribution in [-0.2, 0) is 4.79 Å². The van der Waals surface area contributed by atoms with Crippen LogP contribution in [-0.4, -0.2) is 27.5 Å². The van der Waals surface area contributed by atoms with Crippen molar-refractivity contribution in [2.75, 3.05) is 0 Å². The van der Waals surface area contributed by atoms with Gasteiger partial charge in [0.15, 0.2) is 0 Å². The number of aliphatic carboxylic acids is 1.